The summed E-state index contributed by atoms with van der Waals surface area (Å²) in [6.07, 6.45) is 7.25. The molecule has 13 heteroatoms. The molecule has 4 heterocycles. The smallest absolute Gasteiger partial charge is 0.262 e. The zero-order valence-electron chi connectivity index (χ0n) is 31.8. The van der Waals surface area contributed by atoms with Gasteiger partial charge in [0.15, 0.2) is 5.75 Å². The van der Waals surface area contributed by atoms with Gasteiger partial charge in [0.2, 0.25) is 17.8 Å². The van der Waals surface area contributed by atoms with Crippen LogP contribution < -0.4 is 19.7 Å². The summed E-state index contributed by atoms with van der Waals surface area (Å²) in [5, 5.41) is 11.8. The summed E-state index contributed by atoms with van der Waals surface area (Å²) < 4.78 is 12.1. The highest BCUT2D eigenvalue weighted by Gasteiger charge is 2.44. The number of aryl methyl sites for hydroxylation is 1. The Balaban J connectivity index is 0.793. The molecule has 0 radical (unpaired) electrons. The maximum atomic E-state index is 13.2. The van der Waals surface area contributed by atoms with Crippen molar-refractivity contribution in [2.75, 3.05) is 44.2 Å². The summed E-state index contributed by atoms with van der Waals surface area (Å²) in [5.74, 6) is 0.109. The van der Waals surface area contributed by atoms with Crippen molar-refractivity contribution >= 4 is 41.2 Å². The second-order valence-electron chi connectivity index (χ2n) is 14.4. The number of aromatic hydroxyl groups is 1. The second kappa shape index (κ2) is 17.1. The van der Waals surface area contributed by atoms with E-state index < -0.39 is 29.7 Å². The van der Waals surface area contributed by atoms with Gasteiger partial charge in [-0.25, -0.2) is 9.97 Å². The number of phenolic OH excluding ortho intramolecular Hbond substituents is 1. The number of amides is 4. The predicted octanol–water partition coefficient (Wildman–Crippen LogP) is 5.75. The van der Waals surface area contributed by atoms with E-state index >= 15 is 0 Å². The fourth-order valence-electron chi connectivity index (χ4n) is 7.39. The molecule has 1 unspecified atom stereocenters. The number of nitrogens with zero attached hydrogens (tertiary/aromatic N) is 5. The van der Waals surface area contributed by atoms with Gasteiger partial charge in [0.25, 0.3) is 11.8 Å². The molecule has 294 valence electrons. The molecule has 2 saturated heterocycles. The first-order valence-electron chi connectivity index (χ1n) is 19.4. The third-order valence-electron chi connectivity index (χ3n) is 10.6. The molecule has 0 bridgehead atoms. The van der Waals surface area contributed by atoms with E-state index in [0.717, 1.165) is 61.8 Å². The van der Waals surface area contributed by atoms with Crippen LogP contribution in [0.2, 0.25) is 0 Å². The normalized spacial score (nSPS) is 17.3. The van der Waals surface area contributed by atoms with E-state index in [9.17, 15) is 24.3 Å². The van der Waals surface area contributed by atoms with Gasteiger partial charge < -0.3 is 19.5 Å². The molecule has 0 spiro atoms. The van der Waals surface area contributed by atoms with Crippen LogP contribution >= 0.6 is 0 Å². The summed E-state index contributed by atoms with van der Waals surface area (Å²) in [5.41, 5.74) is 5.02. The first kappa shape index (κ1) is 38.0. The van der Waals surface area contributed by atoms with Crippen LogP contribution in [0.3, 0.4) is 0 Å². The number of phenols is 1. The number of piperidine rings is 1. The Bertz CT molecular complexity index is 2320. The molecule has 0 saturated carbocycles. The SMILES string of the molecule is O=C1CCC(N2C(=O)c3ccc(Oc4cnc(N5CCN(CCOc6ccc(/C=C(/CCc7ccc(O)cc7)c7ccccc7)cc6)CC5)nc4)cc3C2=O)C(=O)N1. The summed E-state index contributed by atoms with van der Waals surface area (Å²) in [7, 11) is 0. The number of anilines is 1. The van der Waals surface area contributed by atoms with E-state index in [2.05, 4.69) is 67.6 Å². The highest BCUT2D eigenvalue weighted by molar-refractivity contribution is 6.23. The molecule has 4 aromatic carbocycles. The number of carbonyl (C=O) groups excluding carboxylic acids is 4. The van der Waals surface area contributed by atoms with Crippen molar-refractivity contribution in [1.82, 2.24) is 25.1 Å². The monoisotopic (exact) mass is 778 g/mol. The molecule has 2 N–H and O–H groups in total. The lowest BCUT2D eigenvalue weighted by Crippen LogP contribution is -2.54. The van der Waals surface area contributed by atoms with Crippen molar-refractivity contribution < 1.29 is 33.8 Å². The van der Waals surface area contributed by atoms with Gasteiger partial charge in [0.05, 0.1) is 23.5 Å². The number of benzene rings is 4. The van der Waals surface area contributed by atoms with Gasteiger partial charge in [-0.1, -0.05) is 60.7 Å². The molecule has 58 heavy (non-hydrogen) atoms. The summed E-state index contributed by atoms with van der Waals surface area (Å²) in [4.78, 5) is 64.5. The molecule has 8 rings (SSSR count). The number of carbonyl (C=O) groups is 4. The zero-order chi connectivity index (χ0) is 40.0. The van der Waals surface area contributed by atoms with Crippen molar-refractivity contribution in [3.05, 3.63) is 137 Å². The molecule has 1 aromatic heterocycles. The number of nitrogens with one attached hydrogen (secondary N) is 1. The average molecular weight is 779 g/mol. The Morgan fingerprint density at radius 1 is 0.793 bits per heavy atom. The van der Waals surface area contributed by atoms with Crippen LogP contribution in [-0.4, -0.2) is 93.9 Å². The Morgan fingerprint density at radius 3 is 2.22 bits per heavy atom. The number of hydrogen-bond donors (Lipinski definition) is 2. The third-order valence-corrected chi connectivity index (χ3v) is 10.6. The van der Waals surface area contributed by atoms with Crippen LogP contribution in [0.25, 0.3) is 11.6 Å². The van der Waals surface area contributed by atoms with E-state index in [1.54, 1.807) is 30.6 Å². The Morgan fingerprint density at radius 2 is 1.50 bits per heavy atom. The molecule has 1 atom stereocenters. The fraction of sp³-hybridized carbons (Fsp3) is 0.244. The molecule has 0 aliphatic carbocycles. The predicted molar refractivity (Wildman–Crippen MR) is 217 cm³/mol. The zero-order valence-corrected chi connectivity index (χ0v) is 31.8. The van der Waals surface area contributed by atoms with E-state index in [4.69, 9.17) is 9.47 Å². The highest BCUT2D eigenvalue weighted by atomic mass is 16.5. The van der Waals surface area contributed by atoms with Gasteiger partial charge in [0.1, 0.15) is 29.9 Å². The van der Waals surface area contributed by atoms with Gasteiger partial charge in [-0.3, -0.25) is 34.3 Å². The number of ether oxygens (including phenoxy) is 2. The number of imide groups is 2. The summed E-state index contributed by atoms with van der Waals surface area (Å²) in [6, 6.07) is 29.5. The number of hydrogen-bond acceptors (Lipinski definition) is 11. The molecular formula is C45H42N6O7. The first-order chi connectivity index (χ1) is 28.3. The maximum Gasteiger partial charge on any atom is 0.262 e. The fourth-order valence-corrected chi connectivity index (χ4v) is 7.39. The lowest BCUT2D eigenvalue weighted by molar-refractivity contribution is -0.136. The van der Waals surface area contributed by atoms with Crippen LogP contribution in [0.15, 0.2) is 109 Å². The molecule has 2 fully saturated rings. The van der Waals surface area contributed by atoms with Crippen LogP contribution in [0, 0.1) is 0 Å². The van der Waals surface area contributed by atoms with Crippen LogP contribution in [0.4, 0.5) is 5.95 Å². The molecule has 4 amide bonds. The average Bonchev–Trinajstić information content (AvgIpc) is 3.49. The van der Waals surface area contributed by atoms with E-state index in [0.29, 0.717) is 24.1 Å². The molecule has 5 aromatic rings. The Labute approximate surface area is 335 Å². The highest BCUT2D eigenvalue weighted by Crippen LogP contribution is 2.32. The van der Waals surface area contributed by atoms with Gasteiger partial charge in [0, 0.05) is 39.1 Å². The van der Waals surface area contributed by atoms with Gasteiger partial charge in [-0.2, -0.15) is 0 Å². The van der Waals surface area contributed by atoms with Crippen LogP contribution in [0.1, 0.15) is 56.7 Å². The van der Waals surface area contributed by atoms with Crippen molar-refractivity contribution in [1.29, 1.82) is 0 Å². The summed E-state index contributed by atoms with van der Waals surface area (Å²) >= 11 is 0. The Hall–Kier alpha value is -6.86. The Kier molecular flexibility index (Phi) is 11.2. The second-order valence-corrected chi connectivity index (χ2v) is 14.4. The van der Waals surface area contributed by atoms with E-state index in [1.807, 2.05) is 30.3 Å². The minimum absolute atomic E-state index is 0.0527. The van der Waals surface area contributed by atoms with E-state index in [-0.39, 0.29) is 29.7 Å². The van der Waals surface area contributed by atoms with Crippen LogP contribution in [-0.2, 0) is 16.0 Å². The number of fused-ring (bicyclic) bond motifs is 1. The standard InChI is InChI=1S/C45H42N6O7/c52-34-12-7-30(8-13-34)6-11-33(32-4-2-1-3-5-32)26-31-9-14-35(15-10-31)57-25-24-49-20-22-50(23-21-49)45-46-28-37(29-47-45)58-36-16-17-38-39(27-36)44(56)51(43(38)55)40-18-19-41(53)48-42(40)54/h1-5,7-10,12-17,26-29,40,52H,6,11,18-25H2,(H,48,53,54)/b33-26-. The lowest BCUT2D eigenvalue weighted by Gasteiger charge is -2.34. The molecule has 3 aliphatic rings. The number of rotatable bonds is 13. The van der Waals surface area contributed by atoms with Gasteiger partial charge >= 0.3 is 0 Å². The quantitative estimate of drug-likeness (QED) is 0.111. The number of allylic oxidation sites excluding steroid dienone is 1. The maximum absolute atomic E-state index is 13.2. The molecule has 3 aliphatic heterocycles. The van der Waals surface area contributed by atoms with Crippen molar-refractivity contribution in [2.45, 2.75) is 31.7 Å². The molecule has 13 nitrogen and oxygen atoms in total. The summed E-state index contributed by atoms with van der Waals surface area (Å²) in [6.45, 7) is 4.53. The van der Waals surface area contributed by atoms with Crippen molar-refractivity contribution in [2.24, 2.45) is 0 Å². The topological polar surface area (TPSA) is 154 Å². The van der Waals surface area contributed by atoms with Crippen molar-refractivity contribution in [3.63, 3.8) is 0 Å². The molecular weight excluding hydrogens is 737 g/mol. The minimum Gasteiger partial charge on any atom is -0.508 e. The van der Waals surface area contributed by atoms with E-state index in [1.165, 1.54) is 28.8 Å². The van der Waals surface area contributed by atoms with Gasteiger partial charge in [-0.15, -0.1) is 0 Å². The number of piperazine rings is 1. The first-order valence-corrected chi connectivity index (χ1v) is 19.4. The van der Waals surface area contributed by atoms with Crippen molar-refractivity contribution in [3.8, 4) is 23.0 Å². The minimum atomic E-state index is -1.03. The largest absolute Gasteiger partial charge is 0.508 e. The number of aromatic nitrogens is 2. The van der Waals surface area contributed by atoms with Gasteiger partial charge in [-0.05, 0) is 84.0 Å². The lowest BCUT2D eigenvalue weighted by atomic mass is 9.96. The third kappa shape index (κ3) is 8.74. The van der Waals surface area contributed by atoms with Crippen LogP contribution in [0.5, 0.6) is 23.0 Å².